The predicted octanol–water partition coefficient (Wildman–Crippen LogP) is 1.75. The first-order valence-electron chi connectivity index (χ1n) is 9.03. The lowest BCUT2D eigenvalue weighted by atomic mass is 9.96. The van der Waals surface area contributed by atoms with E-state index in [0.29, 0.717) is 11.1 Å². The topological polar surface area (TPSA) is 144 Å². The van der Waals surface area contributed by atoms with Gasteiger partial charge in [0.15, 0.2) is 0 Å². The SMILES string of the molecule is NS(=O)(=O)c1ccc(N2C(=O)C(=O)/C(=C(/O)c3ccncc3)C2c2ccncc2)cc1. The van der Waals surface area contributed by atoms with Crippen LogP contribution in [0.3, 0.4) is 0 Å². The van der Waals surface area contributed by atoms with E-state index >= 15 is 0 Å². The average molecular weight is 436 g/mol. The molecule has 3 heterocycles. The number of nitrogens with zero attached hydrogens (tertiary/aromatic N) is 3. The van der Waals surface area contributed by atoms with Gasteiger partial charge >= 0.3 is 0 Å². The molecule has 0 radical (unpaired) electrons. The Hall–Kier alpha value is -3.89. The predicted molar refractivity (Wildman–Crippen MR) is 111 cm³/mol. The summed E-state index contributed by atoms with van der Waals surface area (Å²) in [7, 11) is -3.93. The van der Waals surface area contributed by atoms with E-state index in [1.807, 2.05) is 0 Å². The zero-order valence-corrected chi connectivity index (χ0v) is 16.7. The van der Waals surface area contributed by atoms with Crippen LogP contribution in [-0.4, -0.2) is 35.2 Å². The van der Waals surface area contributed by atoms with E-state index in [-0.39, 0.29) is 21.9 Å². The smallest absolute Gasteiger partial charge is 0.300 e. The van der Waals surface area contributed by atoms with Crippen molar-refractivity contribution in [3.05, 3.63) is 90.0 Å². The maximum Gasteiger partial charge on any atom is 0.300 e. The highest BCUT2D eigenvalue weighted by Crippen LogP contribution is 2.42. The molecule has 3 aromatic rings. The van der Waals surface area contributed by atoms with Crippen molar-refractivity contribution in [1.29, 1.82) is 0 Å². The van der Waals surface area contributed by atoms with Crippen molar-refractivity contribution in [3.63, 3.8) is 0 Å². The van der Waals surface area contributed by atoms with Gasteiger partial charge in [-0.1, -0.05) is 0 Å². The van der Waals surface area contributed by atoms with Crippen LogP contribution in [0.4, 0.5) is 5.69 Å². The van der Waals surface area contributed by atoms with Gasteiger partial charge in [0, 0.05) is 36.0 Å². The fourth-order valence-corrected chi connectivity index (χ4v) is 3.94. The minimum absolute atomic E-state index is 0.0991. The Labute approximate surface area is 177 Å². The summed E-state index contributed by atoms with van der Waals surface area (Å²) in [6, 6.07) is 10.6. The van der Waals surface area contributed by atoms with Gasteiger partial charge in [-0.2, -0.15) is 0 Å². The van der Waals surface area contributed by atoms with Crippen LogP contribution in [0.25, 0.3) is 5.76 Å². The van der Waals surface area contributed by atoms with E-state index in [0.717, 1.165) is 0 Å². The third-order valence-electron chi connectivity index (χ3n) is 4.86. The first-order chi connectivity index (χ1) is 14.8. The first kappa shape index (κ1) is 20.4. The number of benzene rings is 1. The molecule has 4 rings (SSSR count). The highest BCUT2D eigenvalue weighted by atomic mass is 32.2. The number of nitrogens with two attached hydrogens (primary N) is 1. The molecule has 1 aliphatic rings. The molecule has 1 aromatic carbocycles. The molecule has 9 nitrogen and oxygen atoms in total. The van der Waals surface area contributed by atoms with Gasteiger partial charge in [0.05, 0.1) is 16.5 Å². The van der Waals surface area contributed by atoms with E-state index in [4.69, 9.17) is 5.14 Å². The summed E-state index contributed by atoms with van der Waals surface area (Å²) in [6.45, 7) is 0. The molecule has 1 atom stereocenters. The Morgan fingerprint density at radius 1 is 0.903 bits per heavy atom. The van der Waals surface area contributed by atoms with Crippen molar-refractivity contribution >= 4 is 33.2 Å². The molecule has 0 spiro atoms. The number of amides is 1. The van der Waals surface area contributed by atoms with Crippen molar-refractivity contribution < 1.29 is 23.1 Å². The van der Waals surface area contributed by atoms with Gasteiger partial charge in [0.25, 0.3) is 11.7 Å². The molecular weight excluding hydrogens is 420 g/mol. The summed E-state index contributed by atoms with van der Waals surface area (Å²) >= 11 is 0. The Morgan fingerprint density at radius 2 is 1.45 bits per heavy atom. The summed E-state index contributed by atoms with van der Waals surface area (Å²) in [5.41, 5.74) is 1.04. The summed E-state index contributed by atoms with van der Waals surface area (Å²) in [5.74, 6) is -2.07. The van der Waals surface area contributed by atoms with Crippen molar-refractivity contribution in [2.45, 2.75) is 10.9 Å². The number of anilines is 1. The molecule has 0 saturated carbocycles. The van der Waals surface area contributed by atoms with Gasteiger partial charge in [0.1, 0.15) is 5.76 Å². The van der Waals surface area contributed by atoms with E-state index in [1.54, 1.807) is 12.1 Å². The van der Waals surface area contributed by atoms with E-state index in [1.165, 1.54) is 66.1 Å². The van der Waals surface area contributed by atoms with Crippen LogP contribution in [0.5, 0.6) is 0 Å². The molecule has 0 aliphatic carbocycles. The van der Waals surface area contributed by atoms with Crippen LogP contribution >= 0.6 is 0 Å². The number of rotatable bonds is 4. The lowest BCUT2D eigenvalue weighted by Gasteiger charge is -2.25. The molecule has 3 N–H and O–H groups in total. The number of primary sulfonamides is 1. The number of aliphatic hydroxyl groups is 1. The third-order valence-corrected chi connectivity index (χ3v) is 5.79. The molecule has 31 heavy (non-hydrogen) atoms. The van der Waals surface area contributed by atoms with Crippen molar-refractivity contribution in [2.24, 2.45) is 5.14 Å². The molecule has 1 saturated heterocycles. The highest BCUT2D eigenvalue weighted by molar-refractivity contribution is 7.89. The van der Waals surface area contributed by atoms with Crippen LogP contribution in [0.2, 0.25) is 0 Å². The number of ketones is 1. The van der Waals surface area contributed by atoms with Crippen LogP contribution in [0, 0.1) is 0 Å². The van der Waals surface area contributed by atoms with Gasteiger partial charge in [-0.25, -0.2) is 13.6 Å². The second kappa shape index (κ2) is 7.74. The van der Waals surface area contributed by atoms with Gasteiger partial charge < -0.3 is 5.11 Å². The lowest BCUT2D eigenvalue weighted by molar-refractivity contribution is -0.132. The maximum atomic E-state index is 13.0. The van der Waals surface area contributed by atoms with Gasteiger partial charge in [-0.15, -0.1) is 0 Å². The summed E-state index contributed by atoms with van der Waals surface area (Å²) in [5, 5.41) is 16.0. The minimum Gasteiger partial charge on any atom is -0.507 e. The van der Waals surface area contributed by atoms with Gasteiger partial charge in [0.2, 0.25) is 10.0 Å². The third kappa shape index (κ3) is 3.69. The zero-order valence-electron chi connectivity index (χ0n) is 15.9. The molecule has 10 heteroatoms. The molecular formula is C21H16N4O5S. The fourth-order valence-electron chi connectivity index (χ4n) is 3.42. The van der Waals surface area contributed by atoms with Crippen molar-refractivity contribution in [3.8, 4) is 0 Å². The van der Waals surface area contributed by atoms with E-state index in [2.05, 4.69) is 9.97 Å². The number of carbonyl (C=O) groups excluding carboxylic acids is 2. The Kier molecular flexibility index (Phi) is 5.09. The minimum atomic E-state index is -3.93. The number of Topliss-reactive ketones (excluding diaryl/α,β-unsaturated/α-hetero) is 1. The molecule has 156 valence electrons. The standard InChI is InChI=1S/C21H16N4O5S/c22-31(29,30)16-3-1-15(2-4-16)25-18(13-5-9-23-10-6-13)17(20(27)21(25)28)19(26)14-7-11-24-12-8-14/h1-12,18,26H,(H2,22,29,30)/b19-17+. The molecule has 1 fully saturated rings. The van der Waals surface area contributed by atoms with Crippen LogP contribution in [0.15, 0.2) is 83.8 Å². The molecule has 0 bridgehead atoms. The Bertz CT molecular complexity index is 1290. The quantitative estimate of drug-likeness (QED) is 0.360. The van der Waals surface area contributed by atoms with Crippen molar-refractivity contribution in [2.75, 3.05) is 4.90 Å². The number of hydrogen-bond donors (Lipinski definition) is 2. The number of aromatic nitrogens is 2. The number of carbonyl (C=O) groups is 2. The molecule has 2 aromatic heterocycles. The monoisotopic (exact) mass is 436 g/mol. The first-order valence-corrected chi connectivity index (χ1v) is 10.6. The number of sulfonamides is 1. The number of hydrogen-bond acceptors (Lipinski definition) is 7. The summed E-state index contributed by atoms with van der Waals surface area (Å²) in [6.07, 6.45) is 5.93. The second-order valence-electron chi connectivity index (χ2n) is 6.72. The highest BCUT2D eigenvalue weighted by Gasteiger charge is 2.47. The maximum absolute atomic E-state index is 13.0. The van der Waals surface area contributed by atoms with Crippen LogP contribution in [0.1, 0.15) is 17.2 Å². The average Bonchev–Trinajstić information content (AvgIpc) is 3.04. The zero-order chi connectivity index (χ0) is 22.2. The van der Waals surface area contributed by atoms with Crippen molar-refractivity contribution in [1.82, 2.24) is 9.97 Å². The Balaban J connectivity index is 1.91. The number of pyridine rings is 2. The molecule has 1 aliphatic heterocycles. The molecule has 1 unspecified atom stereocenters. The largest absolute Gasteiger partial charge is 0.507 e. The fraction of sp³-hybridized carbons (Fsp3) is 0.0476. The summed E-state index contributed by atoms with van der Waals surface area (Å²) < 4.78 is 23.1. The van der Waals surface area contributed by atoms with Gasteiger partial charge in [-0.3, -0.25) is 24.5 Å². The normalized spacial score (nSPS) is 18.4. The Morgan fingerprint density at radius 3 is 2.00 bits per heavy atom. The van der Waals surface area contributed by atoms with Crippen LogP contribution in [-0.2, 0) is 19.6 Å². The molecule has 1 amide bonds. The number of aliphatic hydroxyl groups excluding tert-OH is 1. The summed E-state index contributed by atoms with van der Waals surface area (Å²) in [4.78, 5) is 34.9. The second-order valence-corrected chi connectivity index (χ2v) is 8.29. The van der Waals surface area contributed by atoms with Gasteiger partial charge in [-0.05, 0) is 54.1 Å². The van der Waals surface area contributed by atoms with E-state index in [9.17, 15) is 23.1 Å². The van der Waals surface area contributed by atoms with E-state index < -0.39 is 27.8 Å². The van der Waals surface area contributed by atoms with Crippen LogP contribution < -0.4 is 10.0 Å². The lowest BCUT2D eigenvalue weighted by Crippen LogP contribution is -2.29.